The van der Waals surface area contributed by atoms with Crippen molar-refractivity contribution in [3.8, 4) is 0 Å². The molecule has 7 heteroatoms. The lowest BCUT2D eigenvalue weighted by atomic mass is 10.3. The van der Waals surface area contributed by atoms with E-state index >= 15 is 0 Å². The molecule has 1 aromatic heterocycles. The van der Waals surface area contributed by atoms with Crippen LogP contribution in [0.3, 0.4) is 0 Å². The zero-order chi connectivity index (χ0) is 13.8. The Kier molecular flexibility index (Phi) is 4.39. The minimum Gasteiger partial charge on any atom is -0.370 e. The van der Waals surface area contributed by atoms with E-state index in [1.807, 2.05) is 0 Å². The highest BCUT2D eigenvalue weighted by Crippen LogP contribution is 1.98. The summed E-state index contributed by atoms with van der Waals surface area (Å²) in [5, 5.41) is 6.46. The van der Waals surface area contributed by atoms with Crippen LogP contribution in [-0.4, -0.2) is 53.3 Å². The molecule has 2 rings (SSSR count). The molecule has 0 unspecified atom stereocenters. The number of piperazine rings is 1. The Labute approximate surface area is 111 Å². The minimum absolute atomic E-state index is 0.284. The highest BCUT2D eigenvalue weighted by molar-refractivity contribution is 5.33. The second-order valence-electron chi connectivity index (χ2n) is 4.79. The summed E-state index contributed by atoms with van der Waals surface area (Å²) in [5.74, 6) is 0.572. The summed E-state index contributed by atoms with van der Waals surface area (Å²) < 4.78 is 2.56. The fourth-order valence-electron chi connectivity index (χ4n) is 2.18. The number of nitrogens with zero attached hydrogens (tertiary/aromatic N) is 3. The molecule has 1 saturated heterocycles. The quantitative estimate of drug-likeness (QED) is 0.687. The van der Waals surface area contributed by atoms with Crippen molar-refractivity contribution in [1.82, 2.24) is 19.4 Å². The Morgan fingerprint density at radius 3 is 2.58 bits per heavy atom. The van der Waals surface area contributed by atoms with Crippen LogP contribution in [0.1, 0.15) is 0 Å². The Balaban J connectivity index is 1.96. The Hall–Kier alpha value is -1.60. The third-order valence-corrected chi connectivity index (χ3v) is 3.47. The van der Waals surface area contributed by atoms with Gasteiger partial charge in [0.1, 0.15) is 5.82 Å². The van der Waals surface area contributed by atoms with E-state index in [0.29, 0.717) is 5.82 Å². The Bertz CT molecular complexity index is 542. The molecule has 0 aliphatic carbocycles. The molecule has 7 nitrogen and oxygen atoms in total. The first-order chi connectivity index (χ1) is 9.09. The molecule has 0 aromatic carbocycles. The van der Waals surface area contributed by atoms with Crippen molar-refractivity contribution < 1.29 is 0 Å². The molecule has 0 atom stereocenters. The molecule has 1 aliphatic rings. The third kappa shape index (κ3) is 3.24. The van der Waals surface area contributed by atoms with Crippen molar-refractivity contribution in [3.63, 3.8) is 0 Å². The molecule has 1 aromatic rings. The summed E-state index contributed by atoms with van der Waals surface area (Å²) in [7, 11) is 3.14. The Morgan fingerprint density at radius 2 is 1.89 bits per heavy atom. The Morgan fingerprint density at radius 1 is 1.21 bits per heavy atom. The number of hydrogen-bond acceptors (Lipinski definition) is 5. The van der Waals surface area contributed by atoms with Gasteiger partial charge in [-0.25, -0.2) is 4.79 Å². The van der Waals surface area contributed by atoms with Crippen molar-refractivity contribution in [2.24, 2.45) is 14.1 Å². The van der Waals surface area contributed by atoms with Gasteiger partial charge in [0.25, 0.3) is 5.56 Å². The first kappa shape index (κ1) is 13.8. The summed E-state index contributed by atoms with van der Waals surface area (Å²) in [6.45, 7) is 5.74. The highest BCUT2D eigenvalue weighted by atomic mass is 16.2. The van der Waals surface area contributed by atoms with Gasteiger partial charge in [0.15, 0.2) is 0 Å². The highest BCUT2D eigenvalue weighted by Gasteiger charge is 2.09. The van der Waals surface area contributed by atoms with Gasteiger partial charge in [-0.15, -0.1) is 0 Å². The van der Waals surface area contributed by atoms with E-state index in [0.717, 1.165) is 43.8 Å². The lowest BCUT2D eigenvalue weighted by Gasteiger charge is -2.27. The molecule has 0 bridgehead atoms. The van der Waals surface area contributed by atoms with Gasteiger partial charge in [0.2, 0.25) is 0 Å². The maximum Gasteiger partial charge on any atom is 0.332 e. The number of rotatable bonds is 4. The van der Waals surface area contributed by atoms with Crippen molar-refractivity contribution in [2.75, 3.05) is 44.6 Å². The number of aromatic nitrogens is 2. The van der Waals surface area contributed by atoms with Gasteiger partial charge in [0.05, 0.1) is 0 Å². The SMILES string of the molecule is Cn1c(NCCN2CCNCC2)cc(=O)n(C)c1=O. The molecule has 1 aliphatic heterocycles. The van der Waals surface area contributed by atoms with E-state index in [1.165, 1.54) is 17.7 Å². The van der Waals surface area contributed by atoms with Crippen molar-refractivity contribution in [2.45, 2.75) is 0 Å². The lowest BCUT2D eigenvalue weighted by molar-refractivity contribution is 0.249. The van der Waals surface area contributed by atoms with E-state index in [1.54, 1.807) is 7.05 Å². The summed E-state index contributed by atoms with van der Waals surface area (Å²) in [4.78, 5) is 25.7. The van der Waals surface area contributed by atoms with E-state index in [-0.39, 0.29) is 11.2 Å². The van der Waals surface area contributed by atoms with Gasteiger partial charge in [-0.3, -0.25) is 18.8 Å². The first-order valence-electron chi connectivity index (χ1n) is 6.53. The normalized spacial score (nSPS) is 16.5. The largest absolute Gasteiger partial charge is 0.370 e. The van der Waals surface area contributed by atoms with Crippen molar-refractivity contribution >= 4 is 5.82 Å². The fraction of sp³-hybridized carbons (Fsp3) is 0.667. The molecule has 0 radical (unpaired) electrons. The second-order valence-corrected chi connectivity index (χ2v) is 4.79. The molecular weight excluding hydrogens is 246 g/mol. The maximum atomic E-state index is 11.7. The van der Waals surface area contributed by atoms with Gasteiger partial charge < -0.3 is 10.6 Å². The first-order valence-corrected chi connectivity index (χ1v) is 6.53. The predicted molar refractivity (Wildman–Crippen MR) is 74.7 cm³/mol. The average Bonchev–Trinajstić information content (AvgIpc) is 2.43. The topological polar surface area (TPSA) is 71.3 Å². The zero-order valence-electron chi connectivity index (χ0n) is 11.5. The zero-order valence-corrected chi connectivity index (χ0v) is 11.5. The predicted octanol–water partition coefficient (Wildman–Crippen LogP) is -1.60. The van der Waals surface area contributed by atoms with Crippen LogP contribution in [0.2, 0.25) is 0 Å². The molecule has 0 amide bonds. The van der Waals surface area contributed by atoms with Crippen LogP contribution in [0, 0.1) is 0 Å². The summed E-state index contributed by atoms with van der Waals surface area (Å²) in [6, 6.07) is 1.46. The molecular formula is C12H21N5O2. The standard InChI is InChI=1S/C12H21N5O2/c1-15-10(9-11(18)16(2)12(15)19)14-5-8-17-6-3-13-4-7-17/h9,13-14H,3-8H2,1-2H3. The van der Waals surface area contributed by atoms with E-state index in [4.69, 9.17) is 0 Å². The van der Waals surface area contributed by atoms with E-state index < -0.39 is 0 Å². The second kappa shape index (κ2) is 6.03. The van der Waals surface area contributed by atoms with Crippen LogP contribution in [0.15, 0.2) is 15.7 Å². The molecule has 0 spiro atoms. The molecule has 106 valence electrons. The monoisotopic (exact) mass is 267 g/mol. The molecule has 2 N–H and O–H groups in total. The molecule has 2 heterocycles. The smallest absolute Gasteiger partial charge is 0.332 e. The summed E-state index contributed by atoms with van der Waals surface area (Å²) in [6.07, 6.45) is 0. The van der Waals surface area contributed by atoms with E-state index in [2.05, 4.69) is 15.5 Å². The molecule has 0 saturated carbocycles. The minimum atomic E-state index is -0.308. The van der Waals surface area contributed by atoms with Gasteiger partial charge in [0, 0.05) is 59.4 Å². The third-order valence-electron chi connectivity index (χ3n) is 3.47. The van der Waals surface area contributed by atoms with Crippen LogP contribution >= 0.6 is 0 Å². The average molecular weight is 267 g/mol. The number of anilines is 1. The van der Waals surface area contributed by atoms with E-state index in [9.17, 15) is 9.59 Å². The van der Waals surface area contributed by atoms with Gasteiger partial charge in [-0.05, 0) is 0 Å². The van der Waals surface area contributed by atoms with Crippen LogP contribution in [0.25, 0.3) is 0 Å². The summed E-state index contributed by atoms with van der Waals surface area (Å²) >= 11 is 0. The van der Waals surface area contributed by atoms with Crippen molar-refractivity contribution in [3.05, 3.63) is 26.9 Å². The molecule has 19 heavy (non-hydrogen) atoms. The van der Waals surface area contributed by atoms with Crippen LogP contribution in [0.4, 0.5) is 5.82 Å². The fourth-order valence-corrected chi connectivity index (χ4v) is 2.18. The van der Waals surface area contributed by atoms with Gasteiger partial charge in [-0.1, -0.05) is 0 Å². The van der Waals surface area contributed by atoms with Gasteiger partial charge in [-0.2, -0.15) is 0 Å². The van der Waals surface area contributed by atoms with Crippen LogP contribution in [0.5, 0.6) is 0 Å². The van der Waals surface area contributed by atoms with Gasteiger partial charge >= 0.3 is 5.69 Å². The van der Waals surface area contributed by atoms with Crippen molar-refractivity contribution in [1.29, 1.82) is 0 Å². The number of nitrogens with one attached hydrogen (secondary N) is 2. The van der Waals surface area contributed by atoms with Crippen LogP contribution < -0.4 is 21.9 Å². The lowest BCUT2D eigenvalue weighted by Crippen LogP contribution is -2.45. The number of hydrogen-bond donors (Lipinski definition) is 2. The summed E-state index contributed by atoms with van der Waals surface area (Å²) in [5.41, 5.74) is -0.593. The van der Waals surface area contributed by atoms with Crippen LogP contribution in [-0.2, 0) is 14.1 Å². The molecule has 1 fully saturated rings. The maximum absolute atomic E-state index is 11.7.